The lowest BCUT2D eigenvalue weighted by atomic mass is 10.0. The van der Waals surface area contributed by atoms with E-state index in [4.69, 9.17) is 16.3 Å². The number of methoxy groups -OCH3 is 1. The number of amides is 1. The molecule has 2 aliphatic heterocycles. The number of ether oxygens (including phenoxy) is 1. The van der Waals surface area contributed by atoms with E-state index in [1.807, 2.05) is 6.92 Å². The third-order valence-corrected chi connectivity index (χ3v) is 8.85. The van der Waals surface area contributed by atoms with E-state index in [9.17, 15) is 13.2 Å². The van der Waals surface area contributed by atoms with Crippen LogP contribution in [0.25, 0.3) is 0 Å². The molecular weight excluding hydrogens is 536 g/mol. The molecule has 1 saturated heterocycles. The molecule has 1 unspecified atom stereocenters. The van der Waals surface area contributed by atoms with Gasteiger partial charge in [0.25, 0.3) is 10.0 Å². The molecule has 3 aromatic carbocycles. The Bertz CT molecular complexity index is 1490. The molecule has 0 aliphatic carbocycles. The Morgan fingerprint density at radius 2 is 1.82 bits per heavy atom. The summed E-state index contributed by atoms with van der Waals surface area (Å²) in [5.41, 5.74) is 1.62. The van der Waals surface area contributed by atoms with Crippen molar-refractivity contribution < 1.29 is 26.7 Å². The molecule has 1 atom stereocenters. The quantitative estimate of drug-likeness (QED) is 0.402. The Morgan fingerprint density at radius 1 is 1.13 bits per heavy atom. The van der Waals surface area contributed by atoms with Crippen LogP contribution in [0.5, 0.6) is 5.75 Å². The van der Waals surface area contributed by atoms with Crippen molar-refractivity contribution >= 4 is 44.6 Å². The van der Waals surface area contributed by atoms with Gasteiger partial charge in [0, 0.05) is 30.5 Å². The zero-order chi connectivity index (χ0) is 27.2. The van der Waals surface area contributed by atoms with Gasteiger partial charge in [0.15, 0.2) is 11.6 Å². The number of fused-ring (bicyclic) bond motifs is 1. The monoisotopic (exact) mass is 561 g/mol. The fraction of sp³-hybridized carbons (Fsp3) is 0.296. The molecule has 1 fully saturated rings. The molecule has 2 heterocycles. The summed E-state index contributed by atoms with van der Waals surface area (Å²) in [6, 6.07) is 11.2. The molecule has 1 amide bonds. The van der Waals surface area contributed by atoms with Gasteiger partial charge in [0.1, 0.15) is 11.4 Å². The molecule has 0 bridgehead atoms. The van der Waals surface area contributed by atoms with Gasteiger partial charge in [-0.15, -0.1) is 0 Å². The van der Waals surface area contributed by atoms with Gasteiger partial charge in [0.05, 0.1) is 29.9 Å². The summed E-state index contributed by atoms with van der Waals surface area (Å²) in [5, 5.41) is 3.09. The summed E-state index contributed by atoms with van der Waals surface area (Å²) in [4.78, 5) is 14.0. The molecule has 0 spiro atoms. The van der Waals surface area contributed by atoms with Crippen LogP contribution in [0.3, 0.4) is 0 Å². The van der Waals surface area contributed by atoms with Gasteiger partial charge >= 0.3 is 0 Å². The van der Waals surface area contributed by atoms with E-state index in [-0.39, 0.29) is 28.3 Å². The summed E-state index contributed by atoms with van der Waals surface area (Å²) in [6.45, 7) is 2.62. The van der Waals surface area contributed by atoms with Crippen LogP contribution >= 0.6 is 11.6 Å². The molecule has 3 aromatic rings. The molecule has 11 heteroatoms. The summed E-state index contributed by atoms with van der Waals surface area (Å²) < 4.78 is 64.7. The van der Waals surface area contributed by atoms with Crippen LogP contribution in [-0.4, -0.2) is 34.5 Å². The van der Waals surface area contributed by atoms with E-state index < -0.39 is 27.3 Å². The van der Waals surface area contributed by atoms with Crippen molar-refractivity contribution in [2.45, 2.75) is 37.1 Å². The van der Waals surface area contributed by atoms with E-state index in [2.05, 4.69) is 5.32 Å². The summed E-state index contributed by atoms with van der Waals surface area (Å²) in [7, 11) is -3.03. The van der Waals surface area contributed by atoms with Gasteiger partial charge in [-0.25, -0.2) is 17.2 Å². The summed E-state index contributed by atoms with van der Waals surface area (Å²) in [6.07, 6.45) is 1.02. The number of carbonyl (C=O) groups is 1. The minimum absolute atomic E-state index is 0.0318. The zero-order valence-corrected chi connectivity index (χ0v) is 22.4. The second kappa shape index (κ2) is 10.1. The first kappa shape index (κ1) is 26.2. The van der Waals surface area contributed by atoms with Crippen LogP contribution in [0.2, 0.25) is 5.02 Å². The fourth-order valence-corrected chi connectivity index (χ4v) is 6.63. The van der Waals surface area contributed by atoms with Crippen LogP contribution in [0.4, 0.5) is 25.8 Å². The molecule has 38 heavy (non-hydrogen) atoms. The molecule has 0 saturated carbocycles. The maximum atomic E-state index is 15.2. The highest BCUT2D eigenvalue weighted by Crippen LogP contribution is 2.43. The topological polar surface area (TPSA) is 79.0 Å². The number of carbonyl (C=O) groups excluding carboxylic acids is 1. The average molecular weight is 562 g/mol. The van der Waals surface area contributed by atoms with E-state index >= 15 is 8.78 Å². The number of nitrogens with zero attached hydrogens (tertiary/aromatic N) is 2. The number of hydrogen-bond donors (Lipinski definition) is 1. The lowest BCUT2D eigenvalue weighted by molar-refractivity contribution is -0.117. The molecule has 2 aliphatic rings. The Balaban J connectivity index is 1.68. The summed E-state index contributed by atoms with van der Waals surface area (Å²) >= 11 is 5.83. The van der Waals surface area contributed by atoms with Crippen molar-refractivity contribution in [3.63, 3.8) is 0 Å². The predicted octanol–water partition coefficient (Wildman–Crippen LogP) is 5.68. The Morgan fingerprint density at radius 3 is 2.42 bits per heavy atom. The van der Waals surface area contributed by atoms with Gasteiger partial charge in [-0.1, -0.05) is 30.7 Å². The van der Waals surface area contributed by atoms with Crippen molar-refractivity contribution in [3.05, 3.63) is 76.3 Å². The molecule has 0 aromatic heterocycles. The van der Waals surface area contributed by atoms with Crippen LogP contribution in [-0.2, 0) is 21.4 Å². The minimum atomic E-state index is -4.53. The van der Waals surface area contributed by atoms with Crippen LogP contribution in [0.1, 0.15) is 36.8 Å². The molecule has 200 valence electrons. The fourth-order valence-electron chi connectivity index (χ4n) is 4.91. The maximum absolute atomic E-state index is 15.2. The molecule has 0 radical (unpaired) electrons. The lowest BCUT2D eigenvalue weighted by Gasteiger charge is -2.27. The van der Waals surface area contributed by atoms with Crippen molar-refractivity contribution in [3.8, 4) is 5.75 Å². The second-order valence-corrected chi connectivity index (χ2v) is 11.7. The molecule has 7 nitrogen and oxygen atoms in total. The Labute approximate surface area is 225 Å². The number of anilines is 3. The first-order valence-corrected chi connectivity index (χ1v) is 13.9. The lowest BCUT2D eigenvalue weighted by Crippen LogP contribution is -2.33. The number of benzene rings is 3. The van der Waals surface area contributed by atoms with Crippen molar-refractivity contribution in [1.29, 1.82) is 0 Å². The Kier molecular flexibility index (Phi) is 6.96. The third kappa shape index (κ3) is 4.67. The highest BCUT2D eigenvalue weighted by molar-refractivity contribution is 7.92. The largest absolute Gasteiger partial charge is 0.497 e. The maximum Gasteiger partial charge on any atom is 0.264 e. The van der Waals surface area contributed by atoms with E-state index in [0.717, 1.165) is 17.7 Å². The van der Waals surface area contributed by atoms with Gasteiger partial charge < -0.3 is 15.0 Å². The van der Waals surface area contributed by atoms with Gasteiger partial charge in [-0.3, -0.25) is 9.10 Å². The number of sulfonamides is 1. The van der Waals surface area contributed by atoms with Crippen molar-refractivity contribution in [2.24, 2.45) is 0 Å². The van der Waals surface area contributed by atoms with Gasteiger partial charge in [-0.05, 0) is 53.9 Å². The smallest absolute Gasteiger partial charge is 0.264 e. The van der Waals surface area contributed by atoms with Crippen molar-refractivity contribution in [1.82, 2.24) is 0 Å². The van der Waals surface area contributed by atoms with Gasteiger partial charge in [-0.2, -0.15) is 0 Å². The van der Waals surface area contributed by atoms with Crippen molar-refractivity contribution in [2.75, 3.05) is 34.7 Å². The highest BCUT2D eigenvalue weighted by Gasteiger charge is 2.35. The molecule has 1 N–H and O–H groups in total. The third-order valence-electron chi connectivity index (χ3n) is 6.91. The normalized spacial score (nSPS) is 16.9. The number of rotatable bonds is 7. The first-order chi connectivity index (χ1) is 18.1. The van der Waals surface area contributed by atoms with E-state index in [0.29, 0.717) is 52.9 Å². The number of hydrogen-bond acceptors (Lipinski definition) is 5. The van der Waals surface area contributed by atoms with Crippen LogP contribution in [0, 0.1) is 11.6 Å². The summed E-state index contributed by atoms with van der Waals surface area (Å²) in [5.74, 6) is -1.81. The van der Waals surface area contributed by atoms with Crippen LogP contribution in [0.15, 0.2) is 53.4 Å². The molecular formula is C27H26ClF2N3O4S. The van der Waals surface area contributed by atoms with Gasteiger partial charge in [0.2, 0.25) is 5.91 Å². The molecule has 5 rings (SSSR count). The highest BCUT2D eigenvalue weighted by atomic mass is 35.5. The average Bonchev–Trinajstić information content (AvgIpc) is 3.48. The Hall–Kier alpha value is -3.37. The minimum Gasteiger partial charge on any atom is -0.497 e. The predicted molar refractivity (Wildman–Crippen MR) is 143 cm³/mol. The van der Waals surface area contributed by atoms with E-state index in [1.54, 1.807) is 29.2 Å². The van der Waals surface area contributed by atoms with E-state index in [1.165, 1.54) is 19.2 Å². The number of nitrogens with one attached hydrogen (secondary N) is 1. The van der Waals surface area contributed by atoms with Crippen LogP contribution < -0.4 is 19.3 Å². The second-order valence-electron chi connectivity index (χ2n) is 9.42. The number of halogens is 3. The SMILES string of the molecule is COc1ccc(CN(c2c(F)cc(Cl)cc2F)S(=O)(=O)c2cc3c(c(N4CCCC4=O)c2)NCC3C)cc1. The standard InChI is InChI=1S/C27H26ClF2N3O4S/c1-16-14-31-26-21(16)12-20(13-24(26)32-9-3-4-25(32)34)38(35,36)33(15-17-5-7-19(37-2)8-6-17)27-22(29)10-18(28)11-23(27)30/h5-8,10-13,16,31H,3-4,9,14-15H2,1-2H3. The zero-order valence-electron chi connectivity index (χ0n) is 20.8. The first-order valence-electron chi connectivity index (χ1n) is 12.1.